The summed E-state index contributed by atoms with van der Waals surface area (Å²) >= 11 is 0. The summed E-state index contributed by atoms with van der Waals surface area (Å²) in [5, 5.41) is 14.6. The summed E-state index contributed by atoms with van der Waals surface area (Å²) in [5.41, 5.74) is 0.944. The molecule has 140 valence electrons. The van der Waals surface area contributed by atoms with Gasteiger partial charge in [-0.25, -0.2) is 4.79 Å². The molecule has 0 aliphatic carbocycles. The van der Waals surface area contributed by atoms with E-state index in [4.69, 9.17) is 5.11 Å². The first-order chi connectivity index (χ1) is 12.8. The number of carboxylic acids is 1. The van der Waals surface area contributed by atoms with Gasteiger partial charge in [0, 0.05) is 18.5 Å². The van der Waals surface area contributed by atoms with Crippen molar-refractivity contribution >= 4 is 39.1 Å². The average molecular weight is 387 g/mol. The van der Waals surface area contributed by atoms with Crippen molar-refractivity contribution in [3.63, 3.8) is 0 Å². The number of nitrogens with one attached hydrogen (secondary N) is 2. The molecule has 27 heavy (non-hydrogen) atoms. The first-order valence-corrected chi connectivity index (χ1v) is 9.62. The zero-order valence-corrected chi connectivity index (χ0v) is 15.0. The predicted octanol–water partition coefficient (Wildman–Crippen LogP) is 2.71. The second kappa shape index (κ2) is 7.58. The fraction of sp³-hybridized carbons (Fsp3) is 0.167. The summed E-state index contributed by atoms with van der Waals surface area (Å²) < 4.78 is 28.1. The first-order valence-electron chi connectivity index (χ1n) is 8.18. The van der Waals surface area contributed by atoms with E-state index in [9.17, 15) is 18.0 Å². The molecule has 1 aliphatic rings. The van der Waals surface area contributed by atoms with Crippen LogP contribution in [-0.4, -0.2) is 31.2 Å². The first kappa shape index (κ1) is 18.6. The molecule has 0 radical (unpaired) electrons. The number of para-hydroxylation sites is 1. The summed E-state index contributed by atoms with van der Waals surface area (Å²) in [7, 11) is -3.73. The molecule has 0 aromatic heterocycles. The third-order valence-corrected chi connectivity index (χ3v) is 5.26. The number of nitrogens with zero attached hydrogens (tertiary/aromatic N) is 1. The molecule has 2 aromatic carbocycles. The van der Waals surface area contributed by atoms with Gasteiger partial charge in [-0.15, -0.1) is 4.40 Å². The van der Waals surface area contributed by atoms with E-state index < -0.39 is 16.0 Å². The van der Waals surface area contributed by atoms with Gasteiger partial charge < -0.3 is 15.7 Å². The molecule has 0 unspecified atom stereocenters. The van der Waals surface area contributed by atoms with Crippen LogP contribution >= 0.6 is 0 Å². The normalized spacial score (nSPS) is 14.4. The van der Waals surface area contributed by atoms with Gasteiger partial charge >= 0.3 is 5.97 Å². The predicted molar refractivity (Wildman–Crippen MR) is 101 cm³/mol. The van der Waals surface area contributed by atoms with Crippen molar-refractivity contribution in [2.75, 3.05) is 10.6 Å². The average Bonchev–Trinajstić information content (AvgIpc) is 2.61. The molecule has 0 fully saturated rings. The van der Waals surface area contributed by atoms with Crippen molar-refractivity contribution < 1.29 is 23.1 Å². The lowest BCUT2D eigenvalue weighted by Crippen LogP contribution is -2.22. The summed E-state index contributed by atoms with van der Waals surface area (Å²) in [4.78, 5) is 23.1. The van der Waals surface area contributed by atoms with Crippen molar-refractivity contribution in [1.82, 2.24) is 0 Å². The number of carbonyl (C=O) groups excluding carboxylic acids is 1. The molecule has 0 bridgehead atoms. The van der Waals surface area contributed by atoms with Crippen LogP contribution in [0.15, 0.2) is 57.8 Å². The molecule has 8 nitrogen and oxygen atoms in total. The molecule has 9 heteroatoms. The van der Waals surface area contributed by atoms with Gasteiger partial charge in [0.2, 0.25) is 5.91 Å². The smallest absolute Gasteiger partial charge is 0.335 e. The van der Waals surface area contributed by atoms with Crippen LogP contribution < -0.4 is 10.6 Å². The Hall–Kier alpha value is -3.20. The number of hydrogen-bond acceptors (Lipinski definition) is 5. The standard InChI is InChI=1S/C18H17N3O5S/c22-17(19-13-6-3-5-12(11-13)18(23)24)10-4-9-16-20-14-7-1-2-8-15(14)27(25,26)21-16/h1-3,5-8,11H,4,9-10H2,(H,19,22)(H,20,21)(H,23,24). The summed E-state index contributed by atoms with van der Waals surface area (Å²) in [6.07, 6.45) is 0.809. The highest BCUT2D eigenvalue weighted by atomic mass is 32.2. The number of fused-ring (bicyclic) bond motifs is 1. The Balaban J connectivity index is 1.56. The third kappa shape index (κ3) is 4.50. The molecule has 0 saturated heterocycles. The second-order valence-electron chi connectivity index (χ2n) is 5.92. The van der Waals surface area contributed by atoms with Crippen LogP contribution in [-0.2, 0) is 14.8 Å². The van der Waals surface area contributed by atoms with Gasteiger partial charge in [0.25, 0.3) is 10.0 Å². The number of amidine groups is 1. The number of rotatable bonds is 6. The number of benzene rings is 2. The minimum absolute atomic E-state index is 0.0810. The van der Waals surface area contributed by atoms with E-state index in [1.54, 1.807) is 30.3 Å². The third-order valence-electron chi connectivity index (χ3n) is 3.88. The zero-order chi connectivity index (χ0) is 19.4. The molecule has 1 heterocycles. The lowest BCUT2D eigenvalue weighted by atomic mass is 10.2. The van der Waals surface area contributed by atoms with Crippen molar-refractivity contribution in [1.29, 1.82) is 0 Å². The van der Waals surface area contributed by atoms with Gasteiger partial charge in [0.1, 0.15) is 10.7 Å². The van der Waals surface area contributed by atoms with Crippen molar-refractivity contribution in [3.8, 4) is 0 Å². The largest absolute Gasteiger partial charge is 0.478 e. The van der Waals surface area contributed by atoms with Crippen molar-refractivity contribution in [2.24, 2.45) is 4.40 Å². The van der Waals surface area contributed by atoms with E-state index in [0.29, 0.717) is 17.8 Å². The number of hydrogen-bond donors (Lipinski definition) is 3. The molecule has 0 spiro atoms. The topological polar surface area (TPSA) is 125 Å². The molecular formula is C18H17N3O5S. The molecule has 0 atom stereocenters. The van der Waals surface area contributed by atoms with Crippen LogP contribution in [0.2, 0.25) is 0 Å². The number of aromatic carboxylic acids is 1. The Morgan fingerprint density at radius 3 is 2.67 bits per heavy atom. The Bertz CT molecular complexity index is 1030. The maximum atomic E-state index is 12.2. The van der Waals surface area contributed by atoms with E-state index in [2.05, 4.69) is 15.0 Å². The number of anilines is 2. The van der Waals surface area contributed by atoms with Crippen molar-refractivity contribution in [3.05, 3.63) is 54.1 Å². The number of carboxylic acid groups (broad SMARTS) is 1. The van der Waals surface area contributed by atoms with Gasteiger partial charge in [-0.2, -0.15) is 8.42 Å². The maximum Gasteiger partial charge on any atom is 0.335 e. The van der Waals surface area contributed by atoms with E-state index in [-0.39, 0.29) is 35.0 Å². The van der Waals surface area contributed by atoms with Crippen molar-refractivity contribution in [2.45, 2.75) is 24.2 Å². The Kier molecular flexibility index (Phi) is 5.22. The molecule has 3 rings (SSSR count). The molecule has 3 N–H and O–H groups in total. The summed E-state index contributed by atoms with van der Waals surface area (Å²) in [6.45, 7) is 0. The van der Waals surface area contributed by atoms with Gasteiger partial charge in [-0.05, 0) is 36.8 Å². The Morgan fingerprint density at radius 2 is 1.89 bits per heavy atom. The highest BCUT2D eigenvalue weighted by molar-refractivity contribution is 7.90. The molecule has 1 amide bonds. The monoisotopic (exact) mass is 387 g/mol. The fourth-order valence-corrected chi connectivity index (χ4v) is 3.82. The number of amides is 1. The Labute approximate surface area is 156 Å². The van der Waals surface area contributed by atoms with Crippen LogP contribution in [0, 0.1) is 0 Å². The van der Waals surface area contributed by atoms with E-state index in [1.165, 1.54) is 18.2 Å². The van der Waals surface area contributed by atoms with E-state index in [0.717, 1.165) is 0 Å². The second-order valence-corrected chi connectivity index (χ2v) is 7.49. The molecule has 1 aliphatic heterocycles. The van der Waals surface area contributed by atoms with Crippen LogP contribution in [0.25, 0.3) is 0 Å². The van der Waals surface area contributed by atoms with Crippen LogP contribution in [0.3, 0.4) is 0 Å². The minimum atomic E-state index is -3.73. The molecule has 2 aromatic rings. The van der Waals surface area contributed by atoms with E-state index >= 15 is 0 Å². The summed E-state index contributed by atoms with van der Waals surface area (Å²) in [6, 6.07) is 12.4. The Morgan fingerprint density at radius 1 is 1.11 bits per heavy atom. The minimum Gasteiger partial charge on any atom is -0.478 e. The van der Waals surface area contributed by atoms with Gasteiger partial charge in [-0.3, -0.25) is 4.79 Å². The lowest BCUT2D eigenvalue weighted by molar-refractivity contribution is -0.116. The fourth-order valence-electron chi connectivity index (χ4n) is 2.65. The number of carbonyl (C=O) groups is 2. The quantitative estimate of drug-likeness (QED) is 0.700. The summed E-state index contributed by atoms with van der Waals surface area (Å²) in [5.74, 6) is -1.08. The van der Waals surface area contributed by atoms with Crippen LogP contribution in [0.4, 0.5) is 11.4 Å². The zero-order valence-electron chi connectivity index (χ0n) is 14.2. The lowest BCUT2D eigenvalue weighted by Gasteiger charge is -2.17. The van der Waals surface area contributed by atoms with E-state index in [1.807, 2.05) is 0 Å². The van der Waals surface area contributed by atoms with Crippen LogP contribution in [0.1, 0.15) is 29.6 Å². The SMILES string of the molecule is O=C(CCCC1=NS(=O)(=O)c2ccccc2N1)Nc1cccc(C(=O)O)c1. The highest BCUT2D eigenvalue weighted by Crippen LogP contribution is 2.27. The maximum absolute atomic E-state index is 12.2. The molecular weight excluding hydrogens is 370 g/mol. The molecule has 0 saturated carbocycles. The number of sulfonamides is 1. The van der Waals surface area contributed by atoms with Crippen LogP contribution in [0.5, 0.6) is 0 Å². The van der Waals surface area contributed by atoms with Gasteiger partial charge in [0.15, 0.2) is 0 Å². The van der Waals surface area contributed by atoms with Gasteiger partial charge in [-0.1, -0.05) is 18.2 Å². The van der Waals surface area contributed by atoms with Gasteiger partial charge in [0.05, 0.1) is 11.3 Å². The highest BCUT2D eigenvalue weighted by Gasteiger charge is 2.23.